The van der Waals surface area contributed by atoms with Gasteiger partial charge in [0.1, 0.15) is 17.1 Å². The van der Waals surface area contributed by atoms with Crippen LogP contribution in [-0.4, -0.2) is 16.1 Å². The number of aromatic nitrogens is 2. The van der Waals surface area contributed by atoms with Crippen molar-refractivity contribution in [3.8, 4) is 5.88 Å². The van der Waals surface area contributed by atoms with Gasteiger partial charge in [-0.15, -0.1) is 0 Å². The fourth-order valence-electron chi connectivity index (χ4n) is 2.74. The molecule has 1 aromatic heterocycles. The van der Waals surface area contributed by atoms with E-state index in [4.69, 9.17) is 16.3 Å². The molecule has 1 fully saturated rings. The Morgan fingerprint density at radius 2 is 2.05 bits per heavy atom. The van der Waals surface area contributed by atoms with Gasteiger partial charge in [0.05, 0.1) is 0 Å². The second-order valence-corrected chi connectivity index (χ2v) is 6.50. The van der Waals surface area contributed by atoms with Gasteiger partial charge in [-0.1, -0.05) is 45.2 Å². The fourth-order valence-corrected chi connectivity index (χ4v) is 2.90. The Hall–Kier alpha value is -0.830. The summed E-state index contributed by atoms with van der Waals surface area (Å²) in [6.45, 7) is 8.33. The van der Waals surface area contributed by atoms with Gasteiger partial charge in [-0.2, -0.15) is 4.98 Å². The van der Waals surface area contributed by atoms with Crippen molar-refractivity contribution in [2.45, 2.75) is 71.8 Å². The first-order chi connectivity index (χ1) is 9.51. The summed E-state index contributed by atoms with van der Waals surface area (Å²) < 4.78 is 6.15. The predicted molar refractivity (Wildman–Crippen MR) is 82.5 cm³/mol. The van der Waals surface area contributed by atoms with Crippen molar-refractivity contribution < 1.29 is 4.74 Å². The first kappa shape index (κ1) is 15.6. The molecule has 4 heteroatoms. The highest BCUT2D eigenvalue weighted by atomic mass is 35.5. The first-order valence-corrected chi connectivity index (χ1v) is 8.09. The van der Waals surface area contributed by atoms with Crippen molar-refractivity contribution in [3.63, 3.8) is 0 Å². The molecule has 1 heterocycles. The predicted octanol–water partition coefficient (Wildman–Crippen LogP) is 4.91. The molecule has 1 aromatic rings. The van der Waals surface area contributed by atoms with Crippen molar-refractivity contribution in [3.05, 3.63) is 16.5 Å². The van der Waals surface area contributed by atoms with Crippen LogP contribution < -0.4 is 4.74 Å². The minimum absolute atomic E-state index is 0.255. The fraction of sp³-hybridized carbons (Fsp3) is 0.750. The highest BCUT2D eigenvalue weighted by molar-refractivity contribution is 6.30. The van der Waals surface area contributed by atoms with Crippen LogP contribution in [0.1, 0.15) is 70.2 Å². The van der Waals surface area contributed by atoms with Gasteiger partial charge < -0.3 is 4.74 Å². The van der Waals surface area contributed by atoms with Crippen LogP contribution in [0.3, 0.4) is 0 Å². The molecule has 0 radical (unpaired) electrons. The van der Waals surface area contributed by atoms with Crippen LogP contribution in [0, 0.1) is 12.8 Å². The molecular formula is C16H25ClN2O. The summed E-state index contributed by atoms with van der Waals surface area (Å²) in [4.78, 5) is 8.89. The smallest absolute Gasteiger partial charge is 0.221 e. The van der Waals surface area contributed by atoms with Gasteiger partial charge in [0.2, 0.25) is 5.88 Å². The van der Waals surface area contributed by atoms with E-state index in [2.05, 4.69) is 30.7 Å². The maximum absolute atomic E-state index is 6.21. The van der Waals surface area contributed by atoms with Gasteiger partial charge in [-0.3, -0.25) is 0 Å². The summed E-state index contributed by atoms with van der Waals surface area (Å²) in [7, 11) is 0. The number of rotatable bonds is 4. The summed E-state index contributed by atoms with van der Waals surface area (Å²) >= 11 is 6.21. The minimum atomic E-state index is 0.255. The summed E-state index contributed by atoms with van der Waals surface area (Å²) in [6.07, 6.45) is 6.34. The van der Waals surface area contributed by atoms with E-state index in [9.17, 15) is 0 Å². The Kier molecular flexibility index (Phi) is 5.25. The SMILES string of the molecule is CCC1CCCC(Oc2nc(C(C)C)nc(Cl)c2C)C1. The average Bonchev–Trinajstić information content (AvgIpc) is 2.43. The minimum Gasteiger partial charge on any atom is -0.474 e. The summed E-state index contributed by atoms with van der Waals surface area (Å²) in [6, 6.07) is 0. The molecule has 112 valence electrons. The Bertz CT molecular complexity index is 462. The van der Waals surface area contributed by atoms with Crippen LogP contribution >= 0.6 is 11.6 Å². The van der Waals surface area contributed by atoms with Crippen molar-refractivity contribution in [1.29, 1.82) is 0 Å². The number of hydrogen-bond donors (Lipinski definition) is 0. The Labute approximate surface area is 127 Å². The van der Waals surface area contributed by atoms with Gasteiger partial charge in [0.15, 0.2) is 0 Å². The maximum atomic E-state index is 6.21. The van der Waals surface area contributed by atoms with Crippen LogP contribution in [0.25, 0.3) is 0 Å². The van der Waals surface area contributed by atoms with Gasteiger partial charge in [0.25, 0.3) is 0 Å². The van der Waals surface area contributed by atoms with Gasteiger partial charge in [-0.25, -0.2) is 4.98 Å². The molecule has 0 amide bonds. The van der Waals surface area contributed by atoms with Crippen LogP contribution in [0.2, 0.25) is 5.15 Å². The Balaban J connectivity index is 2.15. The quantitative estimate of drug-likeness (QED) is 0.741. The lowest BCUT2D eigenvalue weighted by atomic mass is 9.85. The van der Waals surface area contributed by atoms with Gasteiger partial charge in [-0.05, 0) is 32.1 Å². The van der Waals surface area contributed by atoms with E-state index in [0.717, 1.165) is 30.1 Å². The molecule has 1 aliphatic carbocycles. The van der Waals surface area contributed by atoms with Crippen molar-refractivity contribution >= 4 is 11.6 Å². The highest BCUT2D eigenvalue weighted by Gasteiger charge is 2.24. The van der Waals surface area contributed by atoms with Crippen LogP contribution in [0.4, 0.5) is 0 Å². The third-order valence-electron chi connectivity index (χ3n) is 4.17. The van der Waals surface area contributed by atoms with Crippen molar-refractivity contribution in [2.75, 3.05) is 0 Å². The zero-order chi connectivity index (χ0) is 14.7. The summed E-state index contributed by atoms with van der Waals surface area (Å²) in [5, 5.41) is 0.515. The van der Waals surface area contributed by atoms with Crippen LogP contribution in [0.15, 0.2) is 0 Å². The molecular weight excluding hydrogens is 272 g/mol. The number of hydrogen-bond acceptors (Lipinski definition) is 3. The lowest BCUT2D eigenvalue weighted by Crippen LogP contribution is -2.26. The zero-order valence-electron chi connectivity index (χ0n) is 12.9. The maximum Gasteiger partial charge on any atom is 0.221 e. The van der Waals surface area contributed by atoms with E-state index in [1.807, 2.05) is 6.92 Å². The summed E-state index contributed by atoms with van der Waals surface area (Å²) in [5.41, 5.74) is 0.856. The van der Waals surface area contributed by atoms with E-state index in [1.165, 1.54) is 19.3 Å². The lowest BCUT2D eigenvalue weighted by Gasteiger charge is -2.29. The zero-order valence-corrected chi connectivity index (χ0v) is 13.7. The van der Waals surface area contributed by atoms with E-state index in [1.54, 1.807) is 0 Å². The molecule has 2 unspecified atom stereocenters. The monoisotopic (exact) mass is 296 g/mol. The van der Waals surface area contributed by atoms with Crippen LogP contribution in [0.5, 0.6) is 5.88 Å². The Morgan fingerprint density at radius 1 is 1.30 bits per heavy atom. The van der Waals surface area contributed by atoms with Gasteiger partial charge in [0, 0.05) is 11.5 Å². The van der Waals surface area contributed by atoms with Crippen LogP contribution in [-0.2, 0) is 0 Å². The molecule has 20 heavy (non-hydrogen) atoms. The molecule has 0 spiro atoms. The van der Waals surface area contributed by atoms with E-state index >= 15 is 0 Å². The number of nitrogens with zero attached hydrogens (tertiary/aromatic N) is 2. The second kappa shape index (κ2) is 6.75. The number of ether oxygens (including phenoxy) is 1. The molecule has 0 N–H and O–H groups in total. The first-order valence-electron chi connectivity index (χ1n) is 7.71. The molecule has 0 bridgehead atoms. The Morgan fingerprint density at radius 3 is 2.70 bits per heavy atom. The van der Waals surface area contributed by atoms with Gasteiger partial charge >= 0.3 is 0 Å². The highest BCUT2D eigenvalue weighted by Crippen LogP contribution is 2.31. The topological polar surface area (TPSA) is 35.0 Å². The van der Waals surface area contributed by atoms with E-state index in [-0.39, 0.29) is 12.0 Å². The third-order valence-corrected chi connectivity index (χ3v) is 4.53. The van der Waals surface area contributed by atoms with E-state index < -0.39 is 0 Å². The average molecular weight is 297 g/mol. The molecule has 0 aromatic carbocycles. The molecule has 2 atom stereocenters. The van der Waals surface area contributed by atoms with Crippen molar-refractivity contribution in [2.24, 2.45) is 5.92 Å². The second-order valence-electron chi connectivity index (χ2n) is 6.14. The molecule has 0 aliphatic heterocycles. The largest absolute Gasteiger partial charge is 0.474 e. The van der Waals surface area contributed by atoms with Crippen molar-refractivity contribution in [1.82, 2.24) is 9.97 Å². The molecule has 3 nitrogen and oxygen atoms in total. The number of halogens is 1. The molecule has 2 rings (SSSR count). The molecule has 1 aliphatic rings. The third kappa shape index (κ3) is 3.63. The summed E-state index contributed by atoms with van der Waals surface area (Å²) in [5.74, 6) is 2.48. The molecule has 0 saturated heterocycles. The molecule has 1 saturated carbocycles. The standard InChI is InChI=1S/C16H25ClN2O/c1-5-12-7-6-8-13(9-12)20-16-11(4)14(17)18-15(19-16)10(2)3/h10,12-13H,5-9H2,1-4H3. The lowest BCUT2D eigenvalue weighted by molar-refractivity contribution is 0.115. The van der Waals surface area contributed by atoms with E-state index in [0.29, 0.717) is 11.0 Å². The normalized spacial score (nSPS) is 23.1.